The van der Waals surface area contributed by atoms with E-state index in [0.29, 0.717) is 11.8 Å². The standard InChI is InChI=1S/C16H26O3/c1-15(2,3)16(19-14(17)18-4)12-6-10-5-11(8-12)9-13(16)7-10/h10-13H,5-9H2,1-4H3. The number of hydrogen-bond donors (Lipinski definition) is 0. The fraction of sp³-hybridized carbons (Fsp3) is 0.938. The topological polar surface area (TPSA) is 35.5 Å². The van der Waals surface area contributed by atoms with Crippen LogP contribution in [0.4, 0.5) is 4.79 Å². The Morgan fingerprint density at radius 2 is 1.47 bits per heavy atom. The van der Waals surface area contributed by atoms with Gasteiger partial charge in [0.1, 0.15) is 5.60 Å². The number of ether oxygens (including phenoxy) is 2. The van der Waals surface area contributed by atoms with Crippen LogP contribution in [0.25, 0.3) is 0 Å². The van der Waals surface area contributed by atoms with Crippen LogP contribution in [0.15, 0.2) is 0 Å². The van der Waals surface area contributed by atoms with Crippen molar-refractivity contribution in [3.8, 4) is 0 Å². The second kappa shape index (κ2) is 4.13. The molecule has 3 nitrogen and oxygen atoms in total. The average Bonchev–Trinajstić information content (AvgIpc) is 2.31. The van der Waals surface area contributed by atoms with Crippen LogP contribution in [0.3, 0.4) is 0 Å². The third-order valence-electron chi connectivity index (χ3n) is 5.94. The van der Waals surface area contributed by atoms with Gasteiger partial charge >= 0.3 is 6.16 Å². The van der Waals surface area contributed by atoms with Crippen molar-refractivity contribution in [2.24, 2.45) is 29.1 Å². The van der Waals surface area contributed by atoms with E-state index in [1.165, 1.54) is 39.2 Å². The van der Waals surface area contributed by atoms with Gasteiger partial charge in [-0.1, -0.05) is 20.8 Å². The van der Waals surface area contributed by atoms with Gasteiger partial charge in [0.05, 0.1) is 7.11 Å². The van der Waals surface area contributed by atoms with E-state index >= 15 is 0 Å². The first kappa shape index (κ1) is 13.3. The molecule has 0 atom stereocenters. The molecule has 108 valence electrons. The predicted molar refractivity (Wildman–Crippen MR) is 72.7 cm³/mol. The third kappa shape index (κ3) is 1.80. The summed E-state index contributed by atoms with van der Waals surface area (Å²) < 4.78 is 10.8. The Labute approximate surface area is 116 Å². The lowest BCUT2D eigenvalue weighted by Crippen LogP contribution is -2.65. The van der Waals surface area contributed by atoms with Gasteiger partial charge < -0.3 is 9.47 Å². The van der Waals surface area contributed by atoms with Gasteiger partial charge in [0.15, 0.2) is 0 Å². The summed E-state index contributed by atoms with van der Waals surface area (Å²) in [7, 11) is 1.41. The molecule has 0 heterocycles. The fourth-order valence-electron chi connectivity index (χ4n) is 5.61. The first-order chi connectivity index (χ1) is 8.86. The Balaban J connectivity index is 1.98. The molecule has 0 aromatic heterocycles. The smallest absolute Gasteiger partial charge is 0.438 e. The Hall–Kier alpha value is -0.730. The van der Waals surface area contributed by atoms with Gasteiger partial charge in [0.2, 0.25) is 0 Å². The van der Waals surface area contributed by atoms with Crippen LogP contribution in [-0.2, 0) is 9.47 Å². The summed E-state index contributed by atoms with van der Waals surface area (Å²) in [5, 5.41) is 0. The molecule has 0 N–H and O–H groups in total. The highest BCUT2D eigenvalue weighted by atomic mass is 16.7. The van der Waals surface area contributed by atoms with Crippen molar-refractivity contribution in [2.45, 2.75) is 58.5 Å². The Bertz CT molecular complexity index is 352. The summed E-state index contributed by atoms with van der Waals surface area (Å²) in [6.45, 7) is 6.66. The predicted octanol–water partition coefficient (Wildman–Crippen LogP) is 4.01. The zero-order chi connectivity index (χ0) is 13.8. The quantitative estimate of drug-likeness (QED) is 0.673. The summed E-state index contributed by atoms with van der Waals surface area (Å²) in [4.78, 5) is 11.8. The molecule has 4 fully saturated rings. The zero-order valence-corrected chi connectivity index (χ0v) is 12.6. The normalized spacial score (nSPS) is 44.2. The molecule has 4 bridgehead atoms. The van der Waals surface area contributed by atoms with Crippen LogP contribution in [-0.4, -0.2) is 18.9 Å². The van der Waals surface area contributed by atoms with Gasteiger partial charge in [-0.2, -0.15) is 0 Å². The highest BCUT2D eigenvalue weighted by Gasteiger charge is 2.64. The van der Waals surface area contributed by atoms with Gasteiger partial charge in [-0.25, -0.2) is 4.79 Å². The molecule has 4 saturated carbocycles. The van der Waals surface area contributed by atoms with Crippen molar-refractivity contribution in [3.05, 3.63) is 0 Å². The maximum Gasteiger partial charge on any atom is 0.508 e. The van der Waals surface area contributed by atoms with E-state index in [0.717, 1.165) is 11.8 Å². The average molecular weight is 266 g/mol. The molecule has 0 aliphatic heterocycles. The second-order valence-electron chi connectivity index (χ2n) is 7.90. The minimum Gasteiger partial charge on any atom is -0.438 e. The van der Waals surface area contributed by atoms with Crippen molar-refractivity contribution in [3.63, 3.8) is 0 Å². The fourth-order valence-corrected chi connectivity index (χ4v) is 5.61. The molecule has 0 aromatic carbocycles. The van der Waals surface area contributed by atoms with Crippen molar-refractivity contribution in [2.75, 3.05) is 7.11 Å². The minimum absolute atomic E-state index is 0.0240. The van der Waals surface area contributed by atoms with E-state index in [4.69, 9.17) is 9.47 Å². The first-order valence-corrected chi connectivity index (χ1v) is 7.63. The number of carbonyl (C=O) groups is 1. The van der Waals surface area contributed by atoms with Gasteiger partial charge in [0, 0.05) is 17.3 Å². The minimum atomic E-state index is -0.498. The maximum absolute atomic E-state index is 11.8. The molecular formula is C16H26O3. The summed E-state index contributed by atoms with van der Waals surface area (Å²) in [6.07, 6.45) is 5.86. The van der Waals surface area contributed by atoms with E-state index < -0.39 is 6.16 Å². The van der Waals surface area contributed by atoms with Crippen LogP contribution in [0.2, 0.25) is 0 Å². The molecule has 3 heteroatoms. The molecule has 4 aliphatic carbocycles. The second-order valence-corrected chi connectivity index (χ2v) is 7.90. The summed E-state index contributed by atoms with van der Waals surface area (Å²) >= 11 is 0. The lowest BCUT2D eigenvalue weighted by atomic mass is 9.45. The molecule has 4 rings (SSSR count). The molecule has 19 heavy (non-hydrogen) atoms. The van der Waals surface area contributed by atoms with Crippen LogP contribution < -0.4 is 0 Å². The molecule has 0 radical (unpaired) electrons. The van der Waals surface area contributed by atoms with E-state index in [2.05, 4.69) is 20.8 Å². The van der Waals surface area contributed by atoms with Gasteiger partial charge in [0.25, 0.3) is 0 Å². The lowest BCUT2D eigenvalue weighted by Gasteiger charge is -2.64. The van der Waals surface area contributed by atoms with Crippen molar-refractivity contribution in [1.29, 1.82) is 0 Å². The summed E-state index contributed by atoms with van der Waals surface area (Å²) in [6, 6.07) is 0. The molecule has 0 amide bonds. The van der Waals surface area contributed by atoms with Crippen molar-refractivity contribution in [1.82, 2.24) is 0 Å². The molecule has 4 aliphatic rings. The van der Waals surface area contributed by atoms with E-state index in [-0.39, 0.29) is 11.0 Å². The molecule has 0 spiro atoms. The largest absolute Gasteiger partial charge is 0.508 e. The molecule has 0 unspecified atom stereocenters. The van der Waals surface area contributed by atoms with E-state index in [1.54, 1.807) is 0 Å². The van der Waals surface area contributed by atoms with E-state index in [1.807, 2.05) is 0 Å². The van der Waals surface area contributed by atoms with Crippen LogP contribution >= 0.6 is 0 Å². The van der Waals surface area contributed by atoms with Gasteiger partial charge in [-0.3, -0.25) is 0 Å². The van der Waals surface area contributed by atoms with Crippen LogP contribution in [0.1, 0.15) is 52.9 Å². The van der Waals surface area contributed by atoms with Crippen LogP contribution in [0, 0.1) is 29.1 Å². The highest BCUT2D eigenvalue weighted by Crippen LogP contribution is 2.64. The molecule has 0 saturated heterocycles. The van der Waals surface area contributed by atoms with E-state index in [9.17, 15) is 4.79 Å². The van der Waals surface area contributed by atoms with Gasteiger partial charge in [-0.15, -0.1) is 0 Å². The SMILES string of the molecule is COC(=O)OC1(C(C)(C)C)C2CC3CC(C2)CC1C3. The van der Waals surface area contributed by atoms with Gasteiger partial charge in [-0.05, 0) is 43.9 Å². The highest BCUT2D eigenvalue weighted by molar-refractivity contribution is 5.60. The number of methoxy groups -OCH3 is 1. The maximum atomic E-state index is 11.8. The number of hydrogen-bond acceptors (Lipinski definition) is 3. The monoisotopic (exact) mass is 266 g/mol. The zero-order valence-electron chi connectivity index (χ0n) is 12.6. The van der Waals surface area contributed by atoms with Crippen molar-refractivity contribution < 1.29 is 14.3 Å². The number of carbonyl (C=O) groups excluding carboxylic acids is 1. The lowest BCUT2D eigenvalue weighted by molar-refractivity contribution is -0.229. The number of rotatable bonds is 1. The van der Waals surface area contributed by atoms with Crippen LogP contribution in [0.5, 0.6) is 0 Å². The van der Waals surface area contributed by atoms with Crippen molar-refractivity contribution >= 4 is 6.16 Å². The third-order valence-corrected chi connectivity index (χ3v) is 5.94. The Kier molecular flexibility index (Phi) is 2.88. The first-order valence-electron chi connectivity index (χ1n) is 7.63. The summed E-state index contributed by atoms with van der Waals surface area (Å²) in [5.74, 6) is 2.81. The summed E-state index contributed by atoms with van der Waals surface area (Å²) in [5.41, 5.74) is -0.336. The molecule has 0 aromatic rings. The molecular weight excluding hydrogens is 240 g/mol. The Morgan fingerprint density at radius 1 is 1.00 bits per heavy atom. The Morgan fingerprint density at radius 3 is 1.84 bits per heavy atom.